The smallest absolute Gasteiger partial charge is 0.407 e. The minimum atomic E-state index is -0.457. The molecule has 1 N–H and O–H groups in total. The van der Waals surface area contributed by atoms with Crippen molar-refractivity contribution in [1.29, 1.82) is 0 Å². The van der Waals surface area contributed by atoms with Gasteiger partial charge in [0.15, 0.2) is 0 Å². The van der Waals surface area contributed by atoms with Gasteiger partial charge in [-0.2, -0.15) is 0 Å². The van der Waals surface area contributed by atoms with Crippen molar-refractivity contribution >= 4 is 27.8 Å². The topological polar surface area (TPSA) is 55.4 Å². The highest BCUT2D eigenvalue weighted by molar-refractivity contribution is 9.09. The van der Waals surface area contributed by atoms with Crippen LogP contribution < -0.4 is 5.32 Å². The zero-order valence-electron chi connectivity index (χ0n) is 8.51. The number of hydrogen-bond acceptors (Lipinski definition) is 3. The van der Waals surface area contributed by atoms with Gasteiger partial charge in [-0.1, -0.05) is 22.9 Å². The van der Waals surface area contributed by atoms with Crippen LogP contribution in [0.1, 0.15) is 26.7 Å². The Morgan fingerprint density at radius 3 is 2.50 bits per heavy atom. The summed E-state index contributed by atoms with van der Waals surface area (Å²) in [6.07, 6.45) is 0.611. The summed E-state index contributed by atoms with van der Waals surface area (Å²) in [5.41, 5.74) is 0. The third-order valence-electron chi connectivity index (χ3n) is 1.71. The fraction of sp³-hybridized carbons (Fsp3) is 0.778. The maximum Gasteiger partial charge on any atom is 0.407 e. The molecule has 0 aliphatic rings. The number of nitrogens with one attached hydrogen (secondary N) is 1. The standard InChI is InChI=1S/C9H16BrNO3/c1-3-7(5-8(12)6-10)11-9(13)14-4-2/h7H,3-6H2,1-2H3,(H,11,13). The molecule has 4 nitrogen and oxygen atoms in total. The predicted molar refractivity (Wildman–Crippen MR) is 57.7 cm³/mol. The molecule has 5 heteroatoms. The number of hydrogen-bond donors (Lipinski definition) is 1. The first kappa shape index (κ1) is 13.4. The quantitative estimate of drug-likeness (QED) is 0.746. The van der Waals surface area contributed by atoms with Crippen molar-refractivity contribution in [2.24, 2.45) is 0 Å². The first-order valence-corrected chi connectivity index (χ1v) is 5.77. The van der Waals surface area contributed by atoms with Gasteiger partial charge in [-0.05, 0) is 13.3 Å². The van der Waals surface area contributed by atoms with Crippen LogP contribution in [0, 0.1) is 0 Å². The second-order valence-corrected chi connectivity index (χ2v) is 3.41. The lowest BCUT2D eigenvalue weighted by Crippen LogP contribution is -2.36. The molecule has 1 atom stereocenters. The van der Waals surface area contributed by atoms with E-state index in [0.29, 0.717) is 18.4 Å². The van der Waals surface area contributed by atoms with Gasteiger partial charge in [-0.3, -0.25) is 4.79 Å². The van der Waals surface area contributed by atoms with Gasteiger partial charge in [0.2, 0.25) is 0 Å². The maximum absolute atomic E-state index is 11.1. The number of Topliss-reactive ketones (excluding diaryl/α,β-unsaturated/α-hetero) is 1. The van der Waals surface area contributed by atoms with Crippen molar-refractivity contribution < 1.29 is 14.3 Å². The molecule has 1 amide bonds. The van der Waals surface area contributed by atoms with Crippen molar-refractivity contribution in [2.75, 3.05) is 11.9 Å². The lowest BCUT2D eigenvalue weighted by atomic mass is 10.1. The lowest BCUT2D eigenvalue weighted by Gasteiger charge is -2.14. The molecule has 0 aromatic heterocycles. The minimum absolute atomic E-state index is 0.0775. The first-order valence-electron chi connectivity index (χ1n) is 4.64. The summed E-state index contributed by atoms with van der Waals surface area (Å²) in [5, 5.41) is 2.96. The molecule has 14 heavy (non-hydrogen) atoms. The Labute approximate surface area is 92.5 Å². The highest BCUT2D eigenvalue weighted by Gasteiger charge is 2.14. The van der Waals surface area contributed by atoms with Crippen molar-refractivity contribution in [1.82, 2.24) is 5.32 Å². The van der Waals surface area contributed by atoms with Crippen LogP contribution in [0.15, 0.2) is 0 Å². The highest BCUT2D eigenvalue weighted by atomic mass is 79.9. The first-order chi connectivity index (χ1) is 6.63. The second-order valence-electron chi connectivity index (χ2n) is 2.85. The molecule has 0 bridgehead atoms. The van der Waals surface area contributed by atoms with Crippen LogP contribution in [0.3, 0.4) is 0 Å². The molecular weight excluding hydrogens is 250 g/mol. The van der Waals surface area contributed by atoms with Gasteiger partial charge in [0, 0.05) is 12.5 Å². The number of carbonyl (C=O) groups is 2. The van der Waals surface area contributed by atoms with Crippen molar-refractivity contribution in [2.45, 2.75) is 32.7 Å². The van der Waals surface area contributed by atoms with E-state index in [1.54, 1.807) is 6.92 Å². The molecule has 0 fully saturated rings. The van der Waals surface area contributed by atoms with Gasteiger partial charge < -0.3 is 10.1 Å². The fourth-order valence-electron chi connectivity index (χ4n) is 0.966. The Hall–Kier alpha value is -0.580. The summed E-state index contributed by atoms with van der Waals surface area (Å²) in [6.45, 7) is 4.00. The summed E-state index contributed by atoms with van der Waals surface area (Å²) in [7, 11) is 0. The molecule has 0 radical (unpaired) electrons. The Morgan fingerprint density at radius 1 is 1.43 bits per heavy atom. The zero-order chi connectivity index (χ0) is 11.0. The Bertz CT molecular complexity index is 196. The van der Waals surface area contributed by atoms with Crippen LogP contribution in [0.5, 0.6) is 0 Å². The van der Waals surface area contributed by atoms with E-state index >= 15 is 0 Å². The third kappa shape index (κ3) is 5.96. The average molecular weight is 266 g/mol. The van der Waals surface area contributed by atoms with E-state index < -0.39 is 6.09 Å². The SMILES string of the molecule is CCOC(=O)NC(CC)CC(=O)CBr. The van der Waals surface area contributed by atoms with Crippen LogP contribution in [-0.2, 0) is 9.53 Å². The summed E-state index contributed by atoms with van der Waals surface area (Å²) in [4.78, 5) is 22.1. The van der Waals surface area contributed by atoms with Crippen molar-refractivity contribution in [3.05, 3.63) is 0 Å². The number of ketones is 1. The van der Waals surface area contributed by atoms with E-state index in [9.17, 15) is 9.59 Å². The van der Waals surface area contributed by atoms with Crippen molar-refractivity contribution in [3.63, 3.8) is 0 Å². The summed E-state index contributed by atoms with van der Waals surface area (Å²) in [5.74, 6) is 0.0775. The molecule has 0 rings (SSSR count). The van der Waals surface area contributed by atoms with Gasteiger partial charge in [-0.15, -0.1) is 0 Å². The molecule has 0 aromatic rings. The summed E-state index contributed by atoms with van der Waals surface area (Å²) >= 11 is 3.08. The van der Waals surface area contributed by atoms with Gasteiger partial charge >= 0.3 is 6.09 Å². The molecule has 82 valence electrons. The van der Waals surface area contributed by atoms with Gasteiger partial charge in [0.1, 0.15) is 5.78 Å². The van der Waals surface area contributed by atoms with Crippen LogP contribution in [0.25, 0.3) is 0 Å². The van der Waals surface area contributed by atoms with E-state index in [2.05, 4.69) is 21.2 Å². The van der Waals surface area contributed by atoms with Crippen LogP contribution in [0.4, 0.5) is 4.79 Å². The lowest BCUT2D eigenvalue weighted by molar-refractivity contribution is -0.116. The average Bonchev–Trinajstić information content (AvgIpc) is 2.16. The second kappa shape index (κ2) is 7.79. The molecule has 0 aliphatic carbocycles. The molecule has 0 heterocycles. The monoisotopic (exact) mass is 265 g/mol. The molecule has 0 aromatic carbocycles. The van der Waals surface area contributed by atoms with Crippen LogP contribution >= 0.6 is 15.9 Å². The number of amides is 1. The van der Waals surface area contributed by atoms with E-state index in [1.807, 2.05) is 6.92 Å². The van der Waals surface area contributed by atoms with E-state index in [4.69, 9.17) is 4.74 Å². The molecule has 1 unspecified atom stereocenters. The zero-order valence-corrected chi connectivity index (χ0v) is 10.1. The molecule has 0 saturated carbocycles. The van der Waals surface area contributed by atoms with E-state index in [1.165, 1.54) is 0 Å². The Balaban J connectivity index is 3.89. The number of ether oxygens (including phenoxy) is 1. The van der Waals surface area contributed by atoms with Crippen LogP contribution in [0.2, 0.25) is 0 Å². The largest absolute Gasteiger partial charge is 0.450 e. The van der Waals surface area contributed by atoms with E-state index in [-0.39, 0.29) is 11.8 Å². The number of carbonyl (C=O) groups excluding carboxylic acids is 2. The highest BCUT2D eigenvalue weighted by Crippen LogP contribution is 2.01. The van der Waals surface area contributed by atoms with Gasteiger partial charge in [-0.25, -0.2) is 4.79 Å². The summed E-state index contributed by atoms with van der Waals surface area (Å²) < 4.78 is 4.72. The molecule has 0 aliphatic heterocycles. The maximum atomic E-state index is 11.1. The minimum Gasteiger partial charge on any atom is -0.450 e. The number of halogens is 1. The number of alkyl halides is 1. The summed E-state index contributed by atoms with van der Waals surface area (Å²) in [6, 6.07) is -0.126. The normalized spacial score (nSPS) is 11.9. The van der Waals surface area contributed by atoms with Gasteiger partial charge in [0.05, 0.1) is 11.9 Å². The molecule has 0 saturated heterocycles. The van der Waals surface area contributed by atoms with E-state index in [0.717, 1.165) is 6.42 Å². The van der Waals surface area contributed by atoms with Crippen LogP contribution in [-0.4, -0.2) is 29.9 Å². The Kier molecular flexibility index (Phi) is 7.47. The van der Waals surface area contributed by atoms with Crippen molar-refractivity contribution in [3.8, 4) is 0 Å². The van der Waals surface area contributed by atoms with Gasteiger partial charge in [0.25, 0.3) is 0 Å². The fourth-order valence-corrected chi connectivity index (χ4v) is 1.20. The molecular formula is C9H16BrNO3. The number of alkyl carbamates (subject to hydrolysis) is 1. The third-order valence-corrected chi connectivity index (χ3v) is 2.34. The molecule has 0 spiro atoms. The Morgan fingerprint density at radius 2 is 2.07 bits per heavy atom. The number of rotatable bonds is 6. The predicted octanol–water partition coefficient (Wildman–Crippen LogP) is 1.87.